The highest BCUT2D eigenvalue weighted by Crippen LogP contribution is 2.30. The fraction of sp³-hybridized carbons (Fsp3) is 0.350. The molecular weight excluding hydrogens is 318 g/mol. The van der Waals surface area contributed by atoms with Crippen LogP contribution in [0.2, 0.25) is 0 Å². The molecule has 25 heavy (non-hydrogen) atoms. The lowest BCUT2D eigenvalue weighted by molar-refractivity contribution is 0.102. The number of ether oxygens (including phenoxy) is 3. The molecule has 0 aliphatic carbocycles. The summed E-state index contributed by atoms with van der Waals surface area (Å²) >= 11 is 0. The summed E-state index contributed by atoms with van der Waals surface area (Å²) in [7, 11) is 0. The van der Waals surface area contributed by atoms with E-state index in [-0.39, 0.29) is 12.0 Å². The topological polar surface area (TPSA) is 56.8 Å². The Labute approximate surface area is 148 Å². The van der Waals surface area contributed by atoms with Crippen LogP contribution in [-0.4, -0.2) is 25.2 Å². The van der Waals surface area contributed by atoms with E-state index in [2.05, 4.69) is 5.32 Å². The maximum Gasteiger partial charge on any atom is 0.255 e. The maximum absolute atomic E-state index is 12.4. The number of amides is 1. The van der Waals surface area contributed by atoms with Crippen LogP contribution < -0.4 is 19.5 Å². The first-order valence-corrected chi connectivity index (χ1v) is 8.51. The highest BCUT2D eigenvalue weighted by atomic mass is 16.5. The predicted molar refractivity (Wildman–Crippen MR) is 98.9 cm³/mol. The Morgan fingerprint density at radius 3 is 2.20 bits per heavy atom. The van der Waals surface area contributed by atoms with E-state index >= 15 is 0 Å². The Kier molecular flexibility index (Phi) is 6.69. The normalized spacial score (nSPS) is 10.4. The van der Waals surface area contributed by atoms with Gasteiger partial charge in [0.05, 0.1) is 19.3 Å². The van der Waals surface area contributed by atoms with Gasteiger partial charge in [0.25, 0.3) is 5.91 Å². The van der Waals surface area contributed by atoms with Crippen molar-refractivity contribution >= 4 is 11.6 Å². The van der Waals surface area contributed by atoms with Crippen molar-refractivity contribution in [3.05, 3.63) is 48.0 Å². The van der Waals surface area contributed by atoms with Gasteiger partial charge in [0.1, 0.15) is 5.75 Å². The predicted octanol–water partition coefficient (Wildman–Crippen LogP) is 4.52. The minimum atomic E-state index is -0.192. The van der Waals surface area contributed by atoms with Gasteiger partial charge >= 0.3 is 0 Å². The zero-order chi connectivity index (χ0) is 18.2. The quantitative estimate of drug-likeness (QED) is 0.765. The molecule has 2 rings (SSSR count). The van der Waals surface area contributed by atoms with Crippen molar-refractivity contribution in [2.75, 3.05) is 18.5 Å². The van der Waals surface area contributed by atoms with E-state index < -0.39 is 0 Å². The molecule has 0 saturated heterocycles. The molecule has 2 aromatic carbocycles. The van der Waals surface area contributed by atoms with Crippen molar-refractivity contribution in [1.29, 1.82) is 0 Å². The first-order chi connectivity index (χ1) is 12.0. The molecule has 0 saturated carbocycles. The third-order valence-corrected chi connectivity index (χ3v) is 3.29. The average molecular weight is 343 g/mol. The van der Waals surface area contributed by atoms with E-state index in [1.165, 1.54) is 0 Å². The van der Waals surface area contributed by atoms with Crippen molar-refractivity contribution in [2.45, 2.75) is 33.8 Å². The summed E-state index contributed by atoms with van der Waals surface area (Å²) in [6.07, 6.45) is 0.0977. The molecule has 134 valence electrons. The molecule has 0 radical (unpaired) electrons. The van der Waals surface area contributed by atoms with Crippen LogP contribution in [0, 0.1) is 0 Å². The van der Waals surface area contributed by atoms with Gasteiger partial charge in [-0.05, 0) is 64.1 Å². The van der Waals surface area contributed by atoms with Gasteiger partial charge in [-0.25, -0.2) is 0 Å². The largest absolute Gasteiger partial charge is 0.491 e. The highest BCUT2D eigenvalue weighted by molar-refractivity contribution is 6.04. The molecule has 5 heteroatoms. The van der Waals surface area contributed by atoms with Gasteiger partial charge in [0.15, 0.2) is 11.5 Å². The number of carbonyl (C=O) groups is 1. The fourth-order valence-electron chi connectivity index (χ4n) is 2.29. The molecule has 0 bridgehead atoms. The minimum absolute atomic E-state index is 0.0977. The van der Waals surface area contributed by atoms with Crippen LogP contribution in [0.25, 0.3) is 0 Å². The Bertz CT molecular complexity index is 695. The third kappa shape index (κ3) is 5.41. The Morgan fingerprint density at radius 1 is 0.960 bits per heavy atom. The van der Waals surface area contributed by atoms with E-state index in [0.29, 0.717) is 36.0 Å². The van der Waals surface area contributed by atoms with Gasteiger partial charge in [-0.3, -0.25) is 4.79 Å². The number of hydrogen-bond acceptors (Lipinski definition) is 4. The lowest BCUT2D eigenvalue weighted by atomic mass is 10.2. The first kappa shape index (κ1) is 18.6. The summed E-state index contributed by atoms with van der Waals surface area (Å²) in [6, 6.07) is 12.4. The molecule has 1 amide bonds. The maximum atomic E-state index is 12.4. The molecule has 0 atom stereocenters. The Morgan fingerprint density at radius 2 is 1.60 bits per heavy atom. The van der Waals surface area contributed by atoms with Crippen LogP contribution in [0.5, 0.6) is 17.2 Å². The van der Waals surface area contributed by atoms with Crippen molar-refractivity contribution < 1.29 is 19.0 Å². The number of anilines is 1. The molecule has 0 aromatic heterocycles. The second kappa shape index (κ2) is 8.97. The third-order valence-electron chi connectivity index (χ3n) is 3.29. The summed E-state index contributed by atoms with van der Waals surface area (Å²) in [5.74, 6) is 1.83. The number of carbonyl (C=O) groups excluding carboxylic acids is 1. The molecule has 0 unspecified atom stereocenters. The Balaban J connectivity index is 2.10. The first-order valence-electron chi connectivity index (χ1n) is 8.51. The van der Waals surface area contributed by atoms with E-state index in [1.807, 2.05) is 27.7 Å². The minimum Gasteiger partial charge on any atom is -0.491 e. The van der Waals surface area contributed by atoms with E-state index in [4.69, 9.17) is 14.2 Å². The monoisotopic (exact) mass is 343 g/mol. The highest BCUT2D eigenvalue weighted by Gasteiger charge is 2.10. The van der Waals surface area contributed by atoms with Crippen LogP contribution >= 0.6 is 0 Å². The number of benzene rings is 2. The molecule has 2 aromatic rings. The van der Waals surface area contributed by atoms with Gasteiger partial charge in [-0.15, -0.1) is 0 Å². The molecule has 5 nitrogen and oxygen atoms in total. The molecule has 0 aliphatic rings. The zero-order valence-electron chi connectivity index (χ0n) is 15.2. The summed E-state index contributed by atoms with van der Waals surface area (Å²) in [4.78, 5) is 12.4. The van der Waals surface area contributed by atoms with E-state index in [1.54, 1.807) is 42.5 Å². The van der Waals surface area contributed by atoms with E-state index in [0.717, 1.165) is 5.75 Å². The lowest BCUT2D eigenvalue weighted by Crippen LogP contribution is -2.12. The number of hydrogen-bond donors (Lipinski definition) is 1. The number of rotatable bonds is 8. The van der Waals surface area contributed by atoms with Crippen LogP contribution in [0.4, 0.5) is 5.69 Å². The van der Waals surface area contributed by atoms with Crippen LogP contribution in [-0.2, 0) is 0 Å². The molecule has 0 fully saturated rings. The van der Waals surface area contributed by atoms with Crippen LogP contribution in [0.15, 0.2) is 42.5 Å². The fourth-order valence-corrected chi connectivity index (χ4v) is 2.29. The van der Waals surface area contributed by atoms with Crippen molar-refractivity contribution in [2.24, 2.45) is 0 Å². The smallest absolute Gasteiger partial charge is 0.255 e. The van der Waals surface area contributed by atoms with Gasteiger partial charge in [0, 0.05) is 17.3 Å². The van der Waals surface area contributed by atoms with E-state index in [9.17, 15) is 4.79 Å². The van der Waals surface area contributed by atoms with Crippen molar-refractivity contribution in [1.82, 2.24) is 0 Å². The average Bonchev–Trinajstić information content (AvgIpc) is 2.57. The second-order valence-corrected chi connectivity index (χ2v) is 5.67. The molecule has 0 spiro atoms. The molecule has 0 heterocycles. The lowest BCUT2D eigenvalue weighted by Gasteiger charge is -2.13. The Hall–Kier alpha value is -2.69. The van der Waals surface area contributed by atoms with Crippen molar-refractivity contribution in [3.63, 3.8) is 0 Å². The van der Waals surface area contributed by atoms with Gasteiger partial charge < -0.3 is 19.5 Å². The summed E-state index contributed by atoms with van der Waals surface area (Å²) in [6.45, 7) is 8.82. The standard InChI is InChI=1S/C20H25NO4/c1-5-23-18-12-9-16(13-19(18)24-6-2)21-20(22)15-7-10-17(11-8-15)25-14(3)4/h7-14H,5-6H2,1-4H3,(H,21,22). The van der Waals surface area contributed by atoms with Gasteiger partial charge in [-0.2, -0.15) is 0 Å². The molecule has 0 aliphatic heterocycles. The zero-order valence-corrected chi connectivity index (χ0v) is 15.2. The van der Waals surface area contributed by atoms with Gasteiger partial charge in [-0.1, -0.05) is 0 Å². The number of nitrogens with one attached hydrogen (secondary N) is 1. The van der Waals surface area contributed by atoms with Crippen LogP contribution in [0.3, 0.4) is 0 Å². The van der Waals surface area contributed by atoms with Crippen molar-refractivity contribution in [3.8, 4) is 17.2 Å². The summed E-state index contributed by atoms with van der Waals surface area (Å²) in [5.41, 5.74) is 1.21. The summed E-state index contributed by atoms with van der Waals surface area (Å²) < 4.78 is 16.7. The molecule has 1 N–H and O–H groups in total. The second-order valence-electron chi connectivity index (χ2n) is 5.67. The van der Waals surface area contributed by atoms with Crippen LogP contribution in [0.1, 0.15) is 38.1 Å². The van der Waals surface area contributed by atoms with Gasteiger partial charge in [0.2, 0.25) is 0 Å². The SMILES string of the molecule is CCOc1ccc(NC(=O)c2ccc(OC(C)C)cc2)cc1OCC. The summed E-state index contributed by atoms with van der Waals surface area (Å²) in [5, 5.41) is 2.87. The molecular formula is C20H25NO4.